The Balaban J connectivity index is 0.00000242. The molecule has 0 fully saturated rings. The van der Waals surface area contributed by atoms with Crippen molar-refractivity contribution in [3.63, 3.8) is 0 Å². The van der Waals surface area contributed by atoms with Gasteiger partial charge in [0.25, 0.3) is 0 Å². The van der Waals surface area contributed by atoms with Gasteiger partial charge in [-0.1, -0.05) is 67.6 Å². The average Bonchev–Trinajstić information content (AvgIpc) is 2.55. The molecule has 0 saturated heterocycles. The smallest absolute Gasteiger partial charge is 0.232 e. The molecule has 0 aliphatic heterocycles. The minimum absolute atomic E-state index is 0. The molecule has 1 atom stereocenters. The van der Waals surface area contributed by atoms with E-state index in [0.29, 0.717) is 13.1 Å². The van der Waals surface area contributed by atoms with E-state index in [-0.39, 0.29) is 30.2 Å². The van der Waals surface area contributed by atoms with Crippen LogP contribution >= 0.6 is 12.4 Å². The van der Waals surface area contributed by atoms with E-state index in [1.54, 1.807) is 0 Å². The molecule has 0 radical (unpaired) electrons. The van der Waals surface area contributed by atoms with Crippen LogP contribution in [-0.4, -0.2) is 19.0 Å². The molecule has 0 saturated carbocycles. The highest BCUT2D eigenvalue weighted by atomic mass is 35.5. The molecule has 0 aliphatic rings. The van der Waals surface area contributed by atoms with Crippen LogP contribution in [0.3, 0.4) is 0 Å². The van der Waals surface area contributed by atoms with Gasteiger partial charge in [0, 0.05) is 6.54 Å². The summed E-state index contributed by atoms with van der Waals surface area (Å²) in [5.74, 6) is 0.0196. The SMILES string of the molecule is CC(CN)CNC(=O)C(c1ccccc1)c1ccccc1.Cl. The van der Waals surface area contributed by atoms with Gasteiger partial charge < -0.3 is 11.1 Å². The maximum absolute atomic E-state index is 12.6. The van der Waals surface area contributed by atoms with E-state index in [4.69, 9.17) is 5.73 Å². The van der Waals surface area contributed by atoms with E-state index in [9.17, 15) is 4.79 Å². The van der Waals surface area contributed by atoms with Gasteiger partial charge in [0.2, 0.25) is 5.91 Å². The standard InChI is InChI=1S/C18H22N2O.ClH/c1-14(12-19)13-20-18(21)17(15-8-4-2-5-9-15)16-10-6-3-7-11-16;/h2-11,14,17H,12-13,19H2,1H3,(H,20,21);1H. The average molecular weight is 319 g/mol. The van der Waals surface area contributed by atoms with Crippen LogP contribution in [0.1, 0.15) is 24.0 Å². The van der Waals surface area contributed by atoms with Crippen molar-refractivity contribution < 1.29 is 4.79 Å². The van der Waals surface area contributed by atoms with E-state index in [1.807, 2.05) is 67.6 Å². The highest BCUT2D eigenvalue weighted by molar-refractivity contribution is 5.87. The first-order valence-electron chi connectivity index (χ1n) is 7.30. The van der Waals surface area contributed by atoms with Gasteiger partial charge in [-0.2, -0.15) is 0 Å². The lowest BCUT2D eigenvalue weighted by atomic mass is 9.90. The largest absolute Gasteiger partial charge is 0.355 e. The molecule has 3 nitrogen and oxygen atoms in total. The third-order valence-corrected chi connectivity index (χ3v) is 3.56. The van der Waals surface area contributed by atoms with Crippen molar-refractivity contribution in [2.75, 3.05) is 13.1 Å². The molecule has 1 unspecified atom stereocenters. The van der Waals surface area contributed by atoms with E-state index < -0.39 is 0 Å². The lowest BCUT2D eigenvalue weighted by Crippen LogP contribution is -2.35. The number of hydrogen-bond donors (Lipinski definition) is 2. The van der Waals surface area contributed by atoms with Gasteiger partial charge in [0.15, 0.2) is 0 Å². The number of halogens is 1. The molecular formula is C18H23ClN2O. The molecule has 1 amide bonds. The maximum Gasteiger partial charge on any atom is 0.232 e. The monoisotopic (exact) mass is 318 g/mol. The lowest BCUT2D eigenvalue weighted by molar-refractivity contribution is -0.121. The fraction of sp³-hybridized carbons (Fsp3) is 0.278. The van der Waals surface area contributed by atoms with Crippen molar-refractivity contribution in [3.8, 4) is 0 Å². The Morgan fingerprint density at radius 1 is 1.00 bits per heavy atom. The predicted octanol–water partition coefficient (Wildman–Crippen LogP) is 2.95. The first-order valence-corrected chi connectivity index (χ1v) is 7.30. The molecule has 0 aromatic heterocycles. The number of carbonyl (C=O) groups excluding carboxylic acids is 1. The molecule has 3 N–H and O–H groups in total. The summed E-state index contributed by atoms with van der Waals surface area (Å²) >= 11 is 0. The zero-order chi connectivity index (χ0) is 15.1. The van der Waals surface area contributed by atoms with Gasteiger partial charge in [-0.25, -0.2) is 0 Å². The zero-order valence-electron chi connectivity index (χ0n) is 12.7. The van der Waals surface area contributed by atoms with Gasteiger partial charge >= 0.3 is 0 Å². The van der Waals surface area contributed by atoms with E-state index in [2.05, 4.69) is 5.32 Å². The molecular weight excluding hydrogens is 296 g/mol. The Hall–Kier alpha value is -1.84. The number of rotatable bonds is 6. The number of nitrogens with two attached hydrogens (primary N) is 1. The third kappa shape index (κ3) is 4.86. The van der Waals surface area contributed by atoms with Crippen molar-refractivity contribution in [3.05, 3.63) is 71.8 Å². The Bertz CT molecular complexity index is 520. The first kappa shape index (κ1) is 18.2. The normalized spacial score (nSPS) is 11.6. The summed E-state index contributed by atoms with van der Waals surface area (Å²) < 4.78 is 0. The summed E-state index contributed by atoms with van der Waals surface area (Å²) in [5.41, 5.74) is 7.61. The molecule has 2 aromatic rings. The zero-order valence-corrected chi connectivity index (χ0v) is 13.6. The van der Waals surface area contributed by atoms with Gasteiger partial charge in [0.1, 0.15) is 0 Å². The maximum atomic E-state index is 12.6. The second-order valence-electron chi connectivity index (χ2n) is 5.34. The molecule has 0 bridgehead atoms. The van der Waals surface area contributed by atoms with Crippen molar-refractivity contribution in [2.45, 2.75) is 12.8 Å². The summed E-state index contributed by atoms with van der Waals surface area (Å²) in [6.45, 7) is 3.20. The van der Waals surface area contributed by atoms with Crippen molar-refractivity contribution in [2.24, 2.45) is 11.7 Å². The van der Waals surface area contributed by atoms with Crippen LogP contribution < -0.4 is 11.1 Å². The Morgan fingerprint density at radius 2 is 1.45 bits per heavy atom. The fourth-order valence-electron chi connectivity index (χ4n) is 2.25. The molecule has 22 heavy (non-hydrogen) atoms. The molecule has 2 rings (SSSR count). The predicted molar refractivity (Wildman–Crippen MR) is 93.2 cm³/mol. The minimum atomic E-state index is -0.280. The van der Waals surface area contributed by atoms with Crippen molar-refractivity contribution >= 4 is 18.3 Å². The second kappa shape index (κ2) is 9.23. The number of nitrogens with one attached hydrogen (secondary N) is 1. The number of carbonyl (C=O) groups is 1. The van der Waals surface area contributed by atoms with E-state index in [0.717, 1.165) is 11.1 Å². The summed E-state index contributed by atoms with van der Waals surface area (Å²) in [6.07, 6.45) is 0. The molecule has 0 aliphatic carbocycles. The molecule has 4 heteroatoms. The van der Waals surface area contributed by atoms with Crippen molar-refractivity contribution in [1.82, 2.24) is 5.32 Å². The van der Waals surface area contributed by atoms with Gasteiger partial charge in [0.05, 0.1) is 5.92 Å². The quantitative estimate of drug-likeness (QED) is 0.860. The van der Waals surface area contributed by atoms with Crippen molar-refractivity contribution in [1.29, 1.82) is 0 Å². The topological polar surface area (TPSA) is 55.1 Å². The second-order valence-corrected chi connectivity index (χ2v) is 5.34. The van der Waals surface area contributed by atoms with Gasteiger partial charge in [-0.15, -0.1) is 12.4 Å². The highest BCUT2D eigenvalue weighted by Gasteiger charge is 2.22. The number of benzene rings is 2. The highest BCUT2D eigenvalue weighted by Crippen LogP contribution is 2.24. The first-order chi connectivity index (χ1) is 10.2. The molecule has 118 valence electrons. The lowest BCUT2D eigenvalue weighted by Gasteiger charge is -2.19. The Kier molecular flexibility index (Phi) is 7.64. The van der Waals surface area contributed by atoms with Crippen LogP contribution in [0.15, 0.2) is 60.7 Å². The minimum Gasteiger partial charge on any atom is -0.355 e. The third-order valence-electron chi connectivity index (χ3n) is 3.56. The Labute approximate surface area is 138 Å². The molecule has 0 heterocycles. The fourth-order valence-corrected chi connectivity index (χ4v) is 2.25. The van der Waals surface area contributed by atoms with Gasteiger partial charge in [-0.3, -0.25) is 4.79 Å². The van der Waals surface area contributed by atoms with Crippen LogP contribution in [0.25, 0.3) is 0 Å². The van der Waals surface area contributed by atoms with E-state index >= 15 is 0 Å². The van der Waals surface area contributed by atoms with Crippen LogP contribution in [0.5, 0.6) is 0 Å². The number of hydrogen-bond acceptors (Lipinski definition) is 2. The van der Waals surface area contributed by atoms with Crippen LogP contribution in [0, 0.1) is 5.92 Å². The van der Waals surface area contributed by atoms with Crippen LogP contribution in [0.2, 0.25) is 0 Å². The van der Waals surface area contributed by atoms with E-state index in [1.165, 1.54) is 0 Å². The van der Waals surface area contributed by atoms with Crippen LogP contribution in [-0.2, 0) is 4.79 Å². The Morgan fingerprint density at radius 3 is 1.86 bits per heavy atom. The van der Waals surface area contributed by atoms with Gasteiger partial charge in [-0.05, 0) is 23.6 Å². The number of amides is 1. The summed E-state index contributed by atoms with van der Waals surface area (Å²) in [6, 6.07) is 19.7. The summed E-state index contributed by atoms with van der Waals surface area (Å²) in [5, 5.41) is 3.01. The molecule has 2 aromatic carbocycles. The summed E-state index contributed by atoms with van der Waals surface area (Å²) in [7, 11) is 0. The molecule has 0 spiro atoms. The van der Waals surface area contributed by atoms with Crippen LogP contribution in [0.4, 0.5) is 0 Å². The summed E-state index contributed by atoms with van der Waals surface area (Å²) in [4.78, 5) is 12.6.